The van der Waals surface area contributed by atoms with Crippen molar-refractivity contribution in [2.24, 2.45) is 11.1 Å². The van der Waals surface area contributed by atoms with E-state index in [-0.39, 0.29) is 11.7 Å². The highest BCUT2D eigenvalue weighted by Gasteiger charge is 2.69. The Balaban J connectivity index is 2.42. The van der Waals surface area contributed by atoms with Gasteiger partial charge in [0.15, 0.2) is 9.84 Å². The summed E-state index contributed by atoms with van der Waals surface area (Å²) in [5.74, 6) is 0.0869. The first-order valence-corrected chi connectivity index (χ1v) is 8.61. The SMILES string of the molecule is CCS(=O)(=O)[C@@H]1[C@H](c2ccc(C)cc2)[C@]1(CN)COC. The first-order valence-electron chi connectivity index (χ1n) is 6.90. The van der Waals surface area contributed by atoms with Crippen LogP contribution >= 0.6 is 0 Å². The summed E-state index contributed by atoms with van der Waals surface area (Å²) in [6.45, 7) is 4.41. The lowest BCUT2D eigenvalue weighted by molar-refractivity contribution is 0.142. The maximum absolute atomic E-state index is 12.4. The number of hydrogen-bond donors (Lipinski definition) is 1. The lowest BCUT2D eigenvalue weighted by atomic mass is 9.99. The Morgan fingerprint density at radius 1 is 1.30 bits per heavy atom. The highest BCUT2D eigenvalue weighted by Crippen LogP contribution is 2.62. The van der Waals surface area contributed by atoms with Crippen molar-refractivity contribution < 1.29 is 13.2 Å². The van der Waals surface area contributed by atoms with Gasteiger partial charge in [0.25, 0.3) is 0 Å². The molecule has 1 aromatic rings. The Morgan fingerprint density at radius 3 is 2.35 bits per heavy atom. The Kier molecular flexibility index (Phi) is 4.23. The fourth-order valence-corrected chi connectivity index (χ4v) is 5.37. The number of nitrogens with two attached hydrogens (primary N) is 1. The van der Waals surface area contributed by atoms with Crippen molar-refractivity contribution in [3.63, 3.8) is 0 Å². The number of hydrogen-bond acceptors (Lipinski definition) is 4. The molecule has 112 valence electrons. The average molecular weight is 297 g/mol. The Bertz CT molecular complexity index is 567. The van der Waals surface area contributed by atoms with Gasteiger partial charge in [-0.05, 0) is 12.5 Å². The maximum atomic E-state index is 12.4. The summed E-state index contributed by atoms with van der Waals surface area (Å²) in [6, 6.07) is 8.03. The molecule has 1 saturated carbocycles. The van der Waals surface area contributed by atoms with Gasteiger partial charge in [-0.15, -0.1) is 0 Å². The van der Waals surface area contributed by atoms with E-state index in [2.05, 4.69) is 0 Å². The van der Waals surface area contributed by atoms with Crippen LogP contribution in [0.25, 0.3) is 0 Å². The molecule has 5 heteroatoms. The molecular formula is C15H23NO3S. The third kappa shape index (κ3) is 2.38. The Labute approximate surface area is 121 Å². The summed E-state index contributed by atoms with van der Waals surface area (Å²) in [7, 11) is -1.54. The molecule has 0 saturated heterocycles. The minimum atomic E-state index is -3.13. The van der Waals surface area contributed by atoms with Crippen molar-refractivity contribution in [3.8, 4) is 0 Å². The van der Waals surface area contributed by atoms with Gasteiger partial charge in [-0.25, -0.2) is 8.42 Å². The van der Waals surface area contributed by atoms with E-state index < -0.39 is 20.5 Å². The van der Waals surface area contributed by atoms with Crippen LogP contribution in [0.4, 0.5) is 0 Å². The largest absolute Gasteiger partial charge is 0.384 e. The van der Waals surface area contributed by atoms with Crippen molar-refractivity contribution in [1.82, 2.24) is 0 Å². The molecule has 2 N–H and O–H groups in total. The summed E-state index contributed by atoms with van der Waals surface area (Å²) in [6.07, 6.45) is 0. The van der Waals surface area contributed by atoms with Crippen LogP contribution in [0.1, 0.15) is 24.0 Å². The molecule has 2 rings (SSSR count). The Morgan fingerprint density at radius 2 is 1.90 bits per heavy atom. The molecule has 1 aliphatic carbocycles. The van der Waals surface area contributed by atoms with Crippen LogP contribution in [-0.4, -0.2) is 39.7 Å². The monoisotopic (exact) mass is 297 g/mol. The molecular weight excluding hydrogens is 274 g/mol. The van der Waals surface area contributed by atoms with E-state index in [0.717, 1.165) is 11.1 Å². The third-order valence-corrected chi connectivity index (χ3v) is 6.72. The van der Waals surface area contributed by atoms with Crippen LogP contribution in [0.3, 0.4) is 0 Å². The zero-order valence-electron chi connectivity index (χ0n) is 12.3. The zero-order valence-corrected chi connectivity index (χ0v) is 13.1. The van der Waals surface area contributed by atoms with Gasteiger partial charge >= 0.3 is 0 Å². The van der Waals surface area contributed by atoms with Crippen LogP contribution in [-0.2, 0) is 14.6 Å². The average Bonchev–Trinajstić information content (AvgIpc) is 3.10. The van der Waals surface area contributed by atoms with Crippen molar-refractivity contribution in [2.75, 3.05) is 26.0 Å². The number of rotatable bonds is 6. The fraction of sp³-hybridized carbons (Fsp3) is 0.600. The van der Waals surface area contributed by atoms with E-state index in [1.54, 1.807) is 14.0 Å². The third-order valence-electron chi connectivity index (χ3n) is 4.40. The molecule has 0 aromatic heterocycles. The summed E-state index contributed by atoms with van der Waals surface area (Å²) in [4.78, 5) is 0. The molecule has 0 unspecified atom stereocenters. The molecule has 3 atom stereocenters. The normalized spacial score (nSPS) is 29.4. The first-order chi connectivity index (χ1) is 9.43. The number of benzene rings is 1. The highest BCUT2D eigenvalue weighted by molar-refractivity contribution is 7.92. The predicted molar refractivity (Wildman–Crippen MR) is 80.5 cm³/mol. The number of methoxy groups -OCH3 is 1. The molecule has 4 nitrogen and oxygen atoms in total. The van der Waals surface area contributed by atoms with Crippen molar-refractivity contribution in [2.45, 2.75) is 25.0 Å². The van der Waals surface area contributed by atoms with Gasteiger partial charge in [0.1, 0.15) is 0 Å². The molecule has 0 bridgehead atoms. The second kappa shape index (κ2) is 5.47. The summed E-state index contributed by atoms with van der Waals surface area (Å²) >= 11 is 0. The van der Waals surface area contributed by atoms with Crippen LogP contribution in [0.2, 0.25) is 0 Å². The first kappa shape index (κ1) is 15.5. The second-order valence-electron chi connectivity index (χ2n) is 5.63. The lowest BCUT2D eigenvalue weighted by Crippen LogP contribution is -2.28. The van der Waals surface area contributed by atoms with E-state index in [4.69, 9.17) is 10.5 Å². The molecule has 0 aliphatic heterocycles. The van der Waals surface area contributed by atoms with Gasteiger partial charge in [-0.1, -0.05) is 36.8 Å². The van der Waals surface area contributed by atoms with Gasteiger partial charge in [-0.2, -0.15) is 0 Å². The van der Waals surface area contributed by atoms with Gasteiger partial charge < -0.3 is 10.5 Å². The number of sulfone groups is 1. The summed E-state index contributed by atoms with van der Waals surface area (Å²) in [5, 5.41) is -0.423. The highest BCUT2D eigenvalue weighted by atomic mass is 32.2. The van der Waals surface area contributed by atoms with Crippen LogP contribution in [0.15, 0.2) is 24.3 Å². The van der Waals surface area contributed by atoms with Gasteiger partial charge in [-0.3, -0.25) is 0 Å². The molecule has 1 aromatic carbocycles. The number of ether oxygens (including phenoxy) is 1. The van der Waals surface area contributed by atoms with E-state index in [1.165, 1.54) is 0 Å². The fourth-order valence-electron chi connectivity index (χ4n) is 3.22. The predicted octanol–water partition coefficient (Wildman–Crippen LogP) is 1.49. The smallest absolute Gasteiger partial charge is 0.154 e. The molecule has 0 spiro atoms. The molecule has 0 heterocycles. The minimum Gasteiger partial charge on any atom is -0.384 e. The Hall–Kier alpha value is -0.910. The van der Waals surface area contributed by atoms with Gasteiger partial charge in [0.05, 0.1) is 11.9 Å². The van der Waals surface area contributed by atoms with Crippen molar-refractivity contribution in [3.05, 3.63) is 35.4 Å². The zero-order chi connectivity index (χ0) is 15.0. The van der Waals surface area contributed by atoms with Crippen molar-refractivity contribution >= 4 is 9.84 Å². The molecule has 0 amide bonds. The summed E-state index contributed by atoms with van der Waals surface area (Å²) < 4.78 is 30.0. The van der Waals surface area contributed by atoms with Crippen LogP contribution in [0.5, 0.6) is 0 Å². The molecule has 20 heavy (non-hydrogen) atoms. The second-order valence-corrected chi connectivity index (χ2v) is 8.04. The molecule has 1 aliphatic rings. The topological polar surface area (TPSA) is 69.4 Å². The molecule has 0 radical (unpaired) electrons. The van der Waals surface area contributed by atoms with E-state index >= 15 is 0 Å². The molecule has 1 fully saturated rings. The minimum absolute atomic E-state index is 0.0574. The maximum Gasteiger partial charge on any atom is 0.154 e. The lowest BCUT2D eigenvalue weighted by Gasteiger charge is -2.14. The standard InChI is InChI=1S/C15H23NO3S/c1-4-20(17,18)14-13(15(14,9-16)10-19-3)12-7-5-11(2)6-8-12/h5-8,13-14H,4,9-10,16H2,1-3H3/t13-,14+,15-/m0/s1. The van der Waals surface area contributed by atoms with Crippen molar-refractivity contribution in [1.29, 1.82) is 0 Å². The summed E-state index contributed by atoms with van der Waals surface area (Å²) in [5.41, 5.74) is 7.64. The van der Waals surface area contributed by atoms with Crippen LogP contribution in [0, 0.1) is 12.3 Å². The van der Waals surface area contributed by atoms with Gasteiger partial charge in [0.2, 0.25) is 0 Å². The quantitative estimate of drug-likeness (QED) is 0.863. The van der Waals surface area contributed by atoms with E-state index in [9.17, 15) is 8.42 Å². The number of aryl methyl sites for hydroxylation is 1. The van der Waals surface area contributed by atoms with E-state index in [0.29, 0.717) is 13.2 Å². The van der Waals surface area contributed by atoms with E-state index in [1.807, 2.05) is 31.2 Å². The van der Waals surface area contributed by atoms with Gasteiger partial charge in [0, 0.05) is 30.7 Å². The van der Waals surface area contributed by atoms with Crippen LogP contribution < -0.4 is 5.73 Å².